The maximum absolute atomic E-state index is 12.4. The normalized spacial score (nSPS) is 17.0. The summed E-state index contributed by atoms with van der Waals surface area (Å²) in [5, 5.41) is 0.570. The summed E-state index contributed by atoms with van der Waals surface area (Å²) < 4.78 is 22.9. The molecule has 2 aromatic rings. The Labute approximate surface area is 139 Å². The van der Waals surface area contributed by atoms with E-state index in [-0.39, 0.29) is 30.5 Å². The summed E-state index contributed by atoms with van der Waals surface area (Å²) in [6.07, 6.45) is 1.57. The predicted octanol–water partition coefficient (Wildman–Crippen LogP) is 2.27. The lowest BCUT2D eigenvalue weighted by Gasteiger charge is -2.26. The van der Waals surface area contributed by atoms with Crippen molar-refractivity contribution in [3.8, 4) is 11.3 Å². The van der Waals surface area contributed by atoms with Gasteiger partial charge in [-0.25, -0.2) is 8.42 Å². The molecule has 7 heteroatoms. The number of pyridine rings is 1. The van der Waals surface area contributed by atoms with E-state index in [2.05, 4.69) is 4.98 Å². The van der Waals surface area contributed by atoms with Gasteiger partial charge in [0.25, 0.3) is 5.91 Å². The topological polar surface area (TPSA) is 67.3 Å². The molecule has 0 aliphatic carbocycles. The highest BCUT2D eigenvalue weighted by molar-refractivity contribution is 7.91. The molecule has 0 bridgehead atoms. The Bertz CT molecular complexity index is 803. The smallest absolute Gasteiger partial charge is 0.253 e. The molecule has 0 saturated carbocycles. The van der Waals surface area contributed by atoms with Crippen molar-refractivity contribution in [2.45, 2.75) is 0 Å². The Morgan fingerprint density at radius 1 is 1.04 bits per heavy atom. The van der Waals surface area contributed by atoms with Gasteiger partial charge in [0.05, 0.1) is 22.2 Å². The van der Waals surface area contributed by atoms with Gasteiger partial charge in [0.2, 0.25) is 0 Å². The zero-order valence-corrected chi connectivity index (χ0v) is 13.8. The van der Waals surface area contributed by atoms with Crippen LogP contribution in [0.5, 0.6) is 0 Å². The Kier molecular flexibility index (Phi) is 4.37. The molecule has 23 heavy (non-hydrogen) atoms. The molecule has 0 spiro atoms. The molecule has 0 unspecified atom stereocenters. The minimum Gasteiger partial charge on any atom is -0.337 e. The van der Waals surface area contributed by atoms with Crippen LogP contribution in [0.4, 0.5) is 0 Å². The third-order valence-electron chi connectivity index (χ3n) is 3.79. The van der Waals surface area contributed by atoms with E-state index in [0.29, 0.717) is 10.6 Å². The van der Waals surface area contributed by atoms with E-state index in [1.54, 1.807) is 29.3 Å². The van der Waals surface area contributed by atoms with Crippen LogP contribution in [0, 0.1) is 0 Å². The minimum absolute atomic E-state index is 0.0333. The van der Waals surface area contributed by atoms with E-state index in [1.165, 1.54) is 0 Å². The number of sulfone groups is 1. The number of benzene rings is 1. The van der Waals surface area contributed by atoms with Gasteiger partial charge >= 0.3 is 0 Å². The largest absolute Gasteiger partial charge is 0.337 e. The average Bonchev–Trinajstić information content (AvgIpc) is 2.55. The average molecular weight is 351 g/mol. The van der Waals surface area contributed by atoms with Gasteiger partial charge in [-0.15, -0.1) is 0 Å². The molecule has 120 valence electrons. The first kappa shape index (κ1) is 16.0. The molecule has 1 aliphatic heterocycles. The van der Waals surface area contributed by atoms with Crippen molar-refractivity contribution in [2.75, 3.05) is 24.6 Å². The summed E-state index contributed by atoms with van der Waals surface area (Å²) in [6, 6.07) is 10.7. The molecule has 0 atom stereocenters. The van der Waals surface area contributed by atoms with Crippen molar-refractivity contribution in [3.63, 3.8) is 0 Å². The van der Waals surface area contributed by atoms with E-state index < -0.39 is 9.84 Å². The maximum Gasteiger partial charge on any atom is 0.253 e. The second kappa shape index (κ2) is 6.29. The highest BCUT2D eigenvalue weighted by Crippen LogP contribution is 2.20. The lowest BCUT2D eigenvalue weighted by molar-refractivity contribution is 0.0770. The SMILES string of the molecule is O=C(c1ccc(-c2ccc(Cl)cn2)cc1)N1CCS(=O)(=O)CC1. The van der Waals surface area contributed by atoms with Crippen LogP contribution in [0.15, 0.2) is 42.6 Å². The van der Waals surface area contributed by atoms with Crippen LogP contribution in [-0.4, -0.2) is 48.8 Å². The minimum atomic E-state index is -2.99. The molecule has 5 nitrogen and oxygen atoms in total. The standard InChI is InChI=1S/C16H15ClN2O3S/c17-14-5-6-15(18-11-14)12-1-3-13(4-2-12)16(20)19-7-9-23(21,22)10-8-19/h1-6,11H,7-10H2. The molecule has 1 fully saturated rings. The summed E-state index contributed by atoms with van der Waals surface area (Å²) in [5.41, 5.74) is 2.21. The van der Waals surface area contributed by atoms with Gasteiger partial charge in [-0.1, -0.05) is 23.7 Å². The van der Waals surface area contributed by atoms with E-state index in [4.69, 9.17) is 11.6 Å². The number of rotatable bonds is 2. The number of halogens is 1. The summed E-state index contributed by atoms with van der Waals surface area (Å²) >= 11 is 5.82. The van der Waals surface area contributed by atoms with Crippen molar-refractivity contribution in [3.05, 3.63) is 53.2 Å². The third-order valence-corrected chi connectivity index (χ3v) is 5.62. The second-order valence-electron chi connectivity index (χ2n) is 5.38. The first-order valence-electron chi connectivity index (χ1n) is 7.16. The Morgan fingerprint density at radius 3 is 2.26 bits per heavy atom. The second-order valence-corrected chi connectivity index (χ2v) is 8.12. The number of hydrogen-bond donors (Lipinski definition) is 0. The number of nitrogens with zero attached hydrogens (tertiary/aromatic N) is 2. The molecule has 1 aromatic carbocycles. The molecule has 1 amide bonds. The molecule has 0 radical (unpaired) electrons. The molecule has 1 saturated heterocycles. The Hall–Kier alpha value is -1.92. The third kappa shape index (κ3) is 3.71. The fourth-order valence-corrected chi connectivity index (χ4v) is 3.74. The number of carbonyl (C=O) groups is 1. The monoisotopic (exact) mass is 350 g/mol. The van der Waals surface area contributed by atoms with Gasteiger partial charge in [-0.2, -0.15) is 0 Å². The first-order chi connectivity index (χ1) is 10.9. The van der Waals surface area contributed by atoms with E-state index in [0.717, 1.165) is 11.3 Å². The molecule has 3 rings (SSSR count). The highest BCUT2D eigenvalue weighted by atomic mass is 35.5. The van der Waals surface area contributed by atoms with Crippen LogP contribution < -0.4 is 0 Å². The quantitative estimate of drug-likeness (QED) is 0.833. The van der Waals surface area contributed by atoms with Crippen molar-refractivity contribution >= 4 is 27.3 Å². The van der Waals surface area contributed by atoms with E-state index >= 15 is 0 Å². The van der Waals surface area contributed by atoms with Crippen LogP contribution in [0.2, 0.25) is 5.02 Å². The number of amides is 1. The van der Waals surface area contributed by atoms with Gasteiger partial charge in [-0.3, -0.25) is 9.78 Å². The predicted molar refractivity (Wildman–Crippen MR) is 89.2 cm³/mol. The molecule has 0 N–H and O–H groups in total. The molecular formula is C16H15ClN2O3S. The molecule has 1 aliphatic rings. The van der Waals surface area contributed by atoms with Crippen LogP contribution in [0.1, 0.15) is 10.4 Å². The molecule has 2 heterocycles. The number of hydrogen-bond acceptors (Lipinski definition) is 4. The van der Waals surface area contributed by atoms with Crippen LogP contribution >= 0.6 is 11.6 Å². The van der Waals surface area contributed by atoms with Gasteiger partial charge in [0.15, 0.2) is 9.84 Å². The van der Waals surface area contributed by atoms with Crippen molar-refractivity contribution in [1.82, 2.24) is 9.88 Å². The van der Waals surface area contributed by atoms with Gasteiger partial charge < -0.3 is 4.90 Å². The van der Waals surface area contributed by atoms with E-state index in [1.807, 2.05) is 18.2 Å². The lowest BCUT2D eigenvalue weighted by atomic mass is 10.1. The number of aromatic nitrogens is 1. The number of carbonyl (C=O) groups excluding carboxylic acids is 1. The van der Waals surface area contributed by atoms with Crippen LogP contribution in [0.3, 0.4) is 0 Å². The highest BCUT2D eigenvalue weighted by Gasteiger charge is 2.25. The van der Waals surface area contributed by atoms with Crippen molar-refractivity contribution < 1.29 is 13.2 Å². The molecular weight excluding hydrogens is 336 g/mol. The fraction of sp³-hybridized carbons (Fsp3) is 0.250. The summed E-state index contributed by atoms with van der Waals surface area (Å²) in [4.78, 5) is 18.2. The Morgan fingerprint density at radius 2 is 1.70 bits per heavy atom. The zero-order chi connectivity index (χ0) is 16.4. The summed E-state index contributed by atoms with van der Waals surface area (Å²) in [6.45, 7) is 0.503. The van der Waals surface area contributed by atoms with Gasteiger partial charge in [0, 0.05) is 30.4 Å². The van der Waals surface area contributed by atoms with E-state index in [9.17, 15) is 13.2 Å². The maximum atomic E-state index is 12.4. The van der Waals surface area contributed by atoms with Crippen molar-refractivity contribution in [1.29, 1.82) is 0 Å². The lowest BCUT2D eigenvalue weighted by Crippen LogP contribution is -2.43. The van der Waals surface area contributed by atoms with Gasteiger partial charge in [0.1, 0.15) is 0 Å². The van der Waals surface area contributed by atoms with Crippen LogP contribution in [-0.2, 0) is 9.84 Å². The summed E-state index contributed by atoms with van der Waals surface area (Å²) in [7, 11) is -2.99. The van der Waals surface area contributed by atoms with Crippen LogP contribution in [0.25, 0.3) is 11.3 Å². The fourth-order valence-electron chi connectivity index (χ4n) is 2.43. The summed E-state index contributed by atoms with van der Waals surface area (Å²) in [5.74, 6) is -0.0765. The van der Waals surface area contributed by atoms with Crippen molar-refractivity contribution in [2.24, 2.45) is 0 Å². The molecule has 1 aromatic heterocycles. The first-order valence-corrected chi connectivity index (χ1v) is 9.36. The van der Waals surface area contributed by atoms with Gasteiger partial charge in [-0.05, 0) is 24.3 Å². The zero-order valence-electron chi connectivity index (χ0n) is 12.3. The Balaban J connectivity index is 1.74.